The van der Waals surface area contributed by atoms with Crippen molar-refractivity contribution in [2.24, 2.45) is 5.92 Å². The molecule has 1 aliphatic carbocycles. The number of anilines is 2. The molecule has 7 heteroatoms. The van der Waals surface area contributed by atoms with E-state index in [0.717, 1.165) is 28.8 Å². The summed E-state index contributed by atoms with van der Waals surface area (Å²) in [5.41, 5.74) is 4.12. The molecule has 0 saturated heterocycles. The van der Waals surface area contributed by atoms with Crippen LogP contribution < -0.4 is 10.0 Å². The monoisotopic (exact) mass is 468 g/mol. The molecular weight excluding hydrogens is 447 g/mol. The van der Waals surface area contributed by atoms with Gasteiger partial charge in [0.05, 0.1) is 16.6 Å². The summed E-state index contributed by atoms with van der Waals surface area (Å²) >= 11 is 6.05. The lowest BCUT2D eigenvalue weighted by Gasteiger charge is -2.37. The highest BCUT2D eigenvalue weighted by molar-refractivity contribution is 7.92. The number of rotatable bonds is 4. The second kappa shape index (κ2) is 7.94. The van der Waals surface area contributed by atoms with Crippen LogP contribution in [-0.4, -0.2) is 8.42 Å². The maximum absolute atomic E-state index is 13.4. The lowest BCUT2D eigenvalue weighted by molar-refractivity contribution is 0.424. The van der Waals surface area contributed by atoms with Gasteiger partial charge in [0.25, 0.3) is 10.0 Å². The van der Waals surface area contributed by atoms with Gasteiger partial charge in [-0.25, -0.2) is 12.8 Å². The number of halogens is 2. The number of hydrogen-bond donors (Lipinski definition) is 2. The van der Waals surface area contributed by atoms with E-state index in [4.69, 9.17) is 11.6 Å². The molecule has 0 bridgehead atoms. The molecule has 0 amide bonds. The third-order valence-corrected chi connectivity index (χ3v) is 7.92. The summed E-state index contributed by atoms with van der Waals surface area (Å²) in [5.74, 6) is 0.0572. The van der Waals surface area contributed by atoms with E-state index in [1.807, 2.05) is 25.1 Å². The summed E-state index contributed by atoms with van der Waals surface area (Å²) in [6.07, 6.45) is 5.15. The van der Waals surface area contributed by atoms with E-state index in [-0.39, 0.29) is 28.6 Å². The fourth-order valence-electron chi connectivity index (χ4n) is 4.65. The van der Waals surface area contributed by atoms with Crippen molar-refractivity contribution in [3.63, 3.8) is 0 Å². The quantitative estimate of drug-likeness (QED) is 0.434. The van der Waals surface area contributed by atoms with Crippen molar-refractivity contribution >= 4 is 33.0 Å². The van der Waals surface area contributed by atoms with Gasteiger partial charge in [0, 0.05) is 16.6 Å². The molecule has 5 rings (SSSR count). The van der Waals surface area contributed by atoms with E-state index in [9.17, 15) is 12.8 Å². The number of fused-ring (bicyclic) bond motifs is 3. The first kappa shape index (κ1) is 21.0. The molecule has 1 aliphatic heterocycles. The van der Waals surface area contributed by atoms with Crippen LogP contribution in [0.2, 0.25) is 5.02 Å². The molecule has 0 radical (unpaired) electrons. The normalized spacial score (nSPS) is 21.5. The van der Waals surface area contributed by atoms with Gasteiger partial charge < -0.3 is 5.32 Å². The Morgan fingerprint density at radius 2 is 1.84 bits per heavy atom. The fraction of sp³-hybridized carbons (Fsp3) is 0.200. The minimum Gasteiger partial charge on any atom is -0.378 e. The number of allylic oxidation sites excluding steroid dienone is 2. The molecule has 4 nitrogen and oxygen atoms in total. The van der Waals surface area contributed by atoms with Gasteiger partial charge in [-0.1, -0.05) is 42.0 Å². The Morgan fingerprint density at radius 3 is 2.62 bits per heavy atom. The van der Waals surface area contributed by atoms with Crippen LogP contribution in [0.4, 0.5) is 15.8 Å². The molecule has 3 aromatic carbocycles. The highest BCUT2D eigenvalue weighted by Crippen LogP contribution is 2.50. The summed E-state index contributed by atoms with van der Waals surface area (Å²) in [6, 6.07) is 16.9. The first-order valence-corrected chi connectivity index (χ1v) is 12.3. The van der Waals surface area contributed by atoms with Gasteiger partial charge in [0.15, 0.2) is 0 Å². The molecule has 3 atom stereocenters. The zero-order chi connectivity index (χ0) is 22.5. The van der Waals surface area contributed by atoms with Crippen LogP contribution in [0.15, 0.2) is 77.7 Å². The second-order valence-corrected chi connectivity index (χ2v) is 10.5. The topological polar surface area (TPSA) is 58.2 Å². The SMILES string of the molecule is Cc1ccc(Cl)cc1NS(=O)(=O)c1ccc2c(c1)[C@H]1C=CC[C@H]1[C@@H](c1ccc(F)cc1)N2. The van der Waals surface area contributed by atoms with Gasteiger partial charge in [0.2, 0.25) is 0 Å². The van der Waals surface area contributed by atoms with Gasteiger partial charge in [0.1, 0.15) is 5.82 Å². The zero-order valence-electron chi connectivity index (χ0n) is 17.3. The number of aryl methyl sites for hydroxylation is 1. The summed E-state index contributed by atoms with van der Waals surface area (Å²) in [4.78, 5) is 0.205. The van der Waals surface area contributed by atoms with E-state index in [0.29, 0.717) is 10.7 Å². The summed E-state index contributed by atoms with van der Waals surface area (Å²) < 4.78 is 42.3. The predicted octanol–water partition coefficient (Wildman–Crippen LogP) is 6.41. The Morgan fingerprint density at radius 1 is 1.06 bits per heavy atom. The highest BCUT2D eigenvalue weighted by atomic mass is 35.5. The van der Waals surface area contributed by atoms with E-state index < -0.39 is 10.0 Å². The molecule has 3 aromatic rings. The summed E-state index contributed by atoms with van der Waals surface area (Å²) in [6.45, 7) is 1.83. The highest BCUT2D eigenvalue weighted by Gasteiger charge is 2.38. The van der Waals surface area contributed by atoms with Gasteiger partial charge in [-0.3, -0.25) is 4.72 Å². The average Bonchev–Trinajstić information content (AvgIpc) is 3.26. The lowest BCUT2D eigenvalue weighted by Crippen LogP contribution is -2.29. The first-order chi connectivity index (χ1) is 15.3. The van der Waals surface area contributed by atoms with Gasteiger partial charge >= 0.3 is 0 Å². The number of benzene rings is 3. The lowest BCUT2D eigenvalue weighted by atomic mass is 9.77. The van der Waals surface area contributed by atoms with E-state index in [2.05, 4.69) is 22.2 Å². The van der Waals surface area contributed by atoms with Crippen molar-refractivity contribution in [3.8, 4) is 0 Å². The molecule has 0 spiro atoms. The second-order valence-electron chi connectivity index (χ2n) is 8.34. The van der Waals surface area contributed by atoms with Crippen molar-refractivity contribution < 1.29 is 12.8 Å². The molecule has 0 unspecified atom stereocenters. The molecular formula is C25H22ClFN2O2S. The van der Waals surface area contributed by atoms with Crippen LogP contribution in [0, 0.1) is 18.7 Å². The van der Waals surface area contributed by atoms with Crippen LogP contribution in [0.5, 0.6) is 0 Å². The Hall–Kier alpha value is -2.83. The van der Waals surface area contributed by atoms with Crippen LogP contribution in [-0.2, 0) is 10.0 Å². The molecule has 2 aliphatic rings. The van der Waals surface area contributed by atoms with E-state index in [1.54, 1.807) is 30.3 Å². The van der Waals surface area contributed by atoms with Gasteiger partial charge in [-0.2, -0.15) is 0 Å². The molecule has 0 aromatic heterocycles. The van der Waals surface area contributed by atoms with Gasteiger partial charge in [-0.15, -0.1) is 0 Å². The zero-order valence-corrected chi connectivity index (χ0v) is 18.9. The summed E-state index contributed by atoms with van der Waals surface area (Å²) in [5, 5.41) is 4.02. The molecule has 32 heavy (non-hydrogen) atoms. The molecule has 164 valence electrons. The smallest absolute Gasteiger partial charge is 0.261 e. The predicted molar refractivity (Wildman–Crippen MR) is 126 cm³/mol. The Bertz CT molecular complexity index is 1320. The van der Waals surface area contributed by atoms with Crippen LogP contribution in [0.25, 0.3) is 0 Å². The Balaban J connectivity index is 1.49. The van der Waals surface area contributed by atoms with Crippen molar-refractivity contribution in [3.05, 3.63) is 100 Å². The molecule has 0 fully saturated rings. The first-order valence-electron chi connectivity index (χ1n) is 10.4. The minimum atomic E-state index is -3.79. The van der Waals surface area contributed by atoms with Gasteiger partial charge in [-0.05, 0) is 78.4 Å². The number of nitrogens with one attached hydrogen (secondary N) is 2. The van der Waals surface area contributed by atoms with Crippen molar-refractivity contribution in [1.29, 1.82) is 0 Å². The third kappa shape index (κ3) is 3.78. The van der Waals surface area contributed by atoms with Crippen LogP contribution >= 0.6 is 11.6 Å². The van der Waals surface area contributed by atoms with Crippen molar-refractivity contribution in [1.82, 2.24) is 0 Å². The Kier molecular flexibility index (Phi) is 5.22. The average molecular weight is 469 g/mol. The van der Waals surface area contributed by atoms with Crippen molar-refractivity contribution in [2.75, 3.05) is 10.0 Å². The van der Waals surface area contributed by atoms with Crippen molar-refractivity contribution in [2.45, 2.75) is 30.2 Å². The van der Waals surface area contributed by atoms with E-state index in [1.165, 1.54) is 12.1 Å². The maximum Gasteiger partial charge on any atom is 0.261 e. The molecule has 2 N–H and O–H groups in total. The molecule has 0 saturated carbocycles. The molecule has 1 heterocycles. The fourth-order valence-corrected chi connectivity index (χ4v) is 5.98. The standard InChI is InChI=1S/C25H22ClFN2O2S/c1-15-5-8-17(26)13-24(15)29-32(30,31)19-11-12-23-22(14-19)20-3-2-4-21(20)25(28-23)16-6-9-18(27)10-7-16/h2-3,5-14,20-21,25,28-29H,4H2,1H3/t20-,21+,25+/m0/s1. The largest absolute Gasteiger partial charge is 0.378 e. The minimum absolute atomic E-state index is 0.0257. The number of hydrogen-bond acceptors (Lipinski definition) is 3. The number of sulfonamides is 1. The van der Waals surface area contributed by atoms with Crippen LogP contribution in [0.1, 0.15) is 35.1 Å². The summed E-state index contributed by atoms with van der Waals surface area (Å²) in [7, 11) is -3.79. The third-order valence-electron chi connectivity index (χ3n) is 6.32. The Labute approximate surface area is 192 Å². The maximum atomic E-state index is 13.4. The van der Waals surface area contributed by atoms with Crippen LogP contribution in [0.3, 0.4) is 0 Å². The van der Waals surface area contributed by atoms with E-state index >= 15 is 0 Å².